The van der Waals surface area contributed by atoms with Crippen molar-refractivity contribution in [3.63, 3.8) is 0 Å². The van der Waals surface area contributed by atoms with Crippen LogP contribution in [-0.2, 0) is 20.1 Å². The molecule has 0 fully saturated rings. The van der Waals surface area contributed by atoms with Crippen LogP contribution in [0.5, 0.6) is 0 Å². The number of rotatable bonds is 1. The third kappa shape index (κ3) is 7.04. The van der Waals surface area contributed by atoms with Gasteiger partial charge in [-0.25, -0.2) is 0 Å². The maximum atomic E-state index is 4.22. The van der Waals surface area contributed by atoms with Crippen molar-refractivity contribution < 1.29 is 20.1 Å². The van der Waals surface area contributed by atoms with Gasteiger partial charge in [0.2, 0.25) is 0 Å². The first-order valence-electron chi connectivity index (χ1n) is 5.85. The SMILES string of the molecule is CC.CC.[Ir].[c-]1ccccc1-c1ccccn1. The number of hydrogen-bond donors (Lipinski definition) is 0. The minimum atomic E-state index is 0. The molecule has 0 atom stereocenters. The zero-order valence-electron chi connectivity index (χ0n) is 10.9. The molecule has 0 aliphatic carbocycles. The van der Waals surface area contributed by atoms with Gasteiger partial charge in [0.05, 0.1) is 0 Å². The molecule has 1 radical (unpaired) electrons. The molecule has 0 saturated heterocycles. The van der Waals surface area contributed by atoms with E-state index >= 15 is 0 Å². The van der Waals surface area contributed by atoms with Gasteiger partial charge in [-0.05, 0) is 11.8 Å². The second kappa shape index (κ2) is 13.1. The minimum absolute atomic E-state index is 0. The predicted octanol–water partition coefficient (Wildman–Crippen LogP) is 4.60. The van der Waals surface area contributed by atoms with Crippen molar-refractivity contribution in [2.45, 2.75) is 27.7 Å². The molecule has 17 heavy (non-hydrogen) atoms. The fraction of sp³-hybridized carbons (Fsp3) is 0.267. The number of hydrogen-bond acceptors (Lipinski definition) is 1. The van der Waals surface area contributed by atoms with E-state index in [9.17, 15) is 0 Å². The van der Waals surface area contributed by atoms with Crippen molar-refractivity contribution >= 4 is 0 Å². The maximum absolute atomic E-state index is 4.22. The molecule has 0 bridgehead atoms. The molecule has 95 valence electrons. The summed E-state index contributed by atoms with van der Waals surface area (Å²) in [6.07, 6.45) is 1.79. The summed E-state index contributed by atoms with van der Waals surface area (Å²) >= 11 is 0. The van der Waals surface area contributed by atoms with Crippen molar-refractivity contribution in [2.24, 2.45) is 0 Å². The second-order valence-corrected chi connectivity index (χ2v) is 2.49. The number of pyridine rings is 1. The van der Waals surface area contributed by atoms with Crippen LogP contribution in [0.2, 0.25) is 0 Å². The Bertz CT molecular complexity index is 308. The topological polar surface area (TPSA) is 12.9 Å². The first kappa shape index (κ1) is 18.4. The molecule has 1 nitrogen and oxygen atoms in total. The maximum Gasteiger partial charge on any atom is 0.0160 e. The van der Waals surface area contributed by atoms with Crippen molar-refractivity contribution in [2.75, 3.05) is 0 Å². The molecule has 0 aliphatic rings. The Balaban J connectivity index is 0. The summed E-state index contributed by atoms with van der Waals surface area (Å²) in [6, 6.07) is 16.8. The van der Waals surface area contributed by atoms with Gasteiger partial charge in [0.15, 0.2) is 0 Å². The quantitative estimate of drug-likeness (QED) is 0.631. The summed E-state index contributed by atoms with van der Waals surface area (Å²) in [6.45, 7) is 8.00. The van der Waals surface area contributed by atoms with Crippen LogP contribution in [0.15, 0.2) is 48.7 Å². The van der Waals surface area contributed by atoms with Crippen LogP contribution < -0.4 is 0 Å². The van der Waals surface area contributed by atoms with Crippen molar-refractivity contribution in [3.05, 3.63) is 54.7 Å². The van der Waals surface area contributed by atoms with Gasteiger partial charge in [-0.3, -0.25) is 0 Å². The van der Waals surface area contributed by atoms with Gasteiger partial charge in [-0.2, -0.15) is 0 Å². The van der Waals surface area contributed by atoms with Crippen LogP contribution in [0.1, 0.15) is 27.7 Å². The zero-order chi connectivity index (χ0) is 12.2. The van der Waals surface area contributed by atoms with Gasteiger partial charge in [0.1, 0.15) is 0 Å². The summed E-state index contributed by atoms with van der Waals surface area (Å²) in [5.74, 6) is 0. The Morgan fingerprint density at radius 2 is 1.53 bits per heavy atom. The molecule has 0 spiro atoms. The number of nitrogens with zero attached hydrogens (tertiary/aromatic N) is 1. The molecular formula is C15H20IrN-. The normalized spacial score (nSPS) is 7.53. The van der Waals surface area contributed by atoms with E-state index in [-0.39, 0.29) is 20.1 Å². The second-order valence-electron chi connectivity index (χ2n) is 2.49. The van der Waals surface area contributed by atoms with Gasteiger partial charge < -0.3 is 4.98 Å². The van der Waals surface area contributed by atoms with Crippen LogP contribution in [0.4, 0.5) is 0 Å². The van der Waals surface area contributed by atoms with Gasteiger partial charge in [-0.1, -0.05) is 39.8 Å². The van der Waals surface area contributed by atoms with Crippen molar-refractivity contribution in [3.8, 4) is 11.3 Å². The Morgan fingerprint density at radius 1 is 0.882 bits per heavy atom. The average molecular weight is 407 g/mol. The summed E-state index contributed by atoms with van der Waals surface area (Å²) in [5.41, 5.74) is 2.01. The van der Waals surface area contributed by atoms with Gasteiger partial charge >= 0.3 is 0 Å². The number of aromatic nitrogens is 1. The molecular weight excluding hydrogens is 386 g/mol. The van der Waals surface area contributed by atoms with Crippen LogP contribution >= 0.6 is 0 Å². The fourth-order valence-electron chi connectivity index (χ4n) is 1.07. The van der Waals surface area contributed by atoms with Gasteiger partial charge in [0, 0.05) is 26.3 Å². The molecule has 1 aromatic heterocycles. The molecule has 1 aromatic carbocycles. The molecule has 2 rings (SSSR count). The summed E-state index contributed by atoms with van der Waals surface area (Å²) in [7, 11) is 0. The standard InChI is InChI=1S/C11H8N.2C2H6.Ir/c1-2-6-10(7-3-1)11-8-4-5-9-12-11;2*1-2;/h1-6,8-9H;2*1-2H3;/q-1;;;. The van der Waals surface area contributed by atoms with Crippen molar-refractivity contribution in [1.82, 2.24) is 4.98 Å². The zero-order valence-corrected chi connectivity index (χ0v) is 13.3. The monoisotopic (exact) mass is 407 g/mol. The molecule has 2 heteroatoms. The third-order valence-electron chi connectivity index (χ3n) is 1.65. The Labute approximate surface area is 119 Å². The Morgan fingerprint density at radius 3 is 2.00 bits per heavy atom. The molecule has 0 saturated carbocycles. The van der Waals surface area contributed by atoms with E-state index in [2.05, 4.69) is 11.1 Å². The van der Waals surface area contributed by atoms with E-state index in [1.807, 2.05) is 70.2 Å². The van der Waals surface area contributed by atoms with Gasteiger partial charge in [-0.15, -0.1) is 35.9 Å². The molecule has 0 aliphatic heterocycles. The van der Waals surface area contributed by atoms with E-state index < -0.39 is 0 Å². The largest absolute Gasteiger partial charge is 0.305 e. The molecule has 1 heterocycles. The van der Waals surface area contributed by atoms with E-state index in [0.29, 0.717) is 0 Å². The molecule has 0 N–H and O–H groups in total. The summed E-state index contributed by atoms with van der Waals surface area (Å²) < 4.78 is 0. The van der Waals surface area contributed by atoms with Crippen molar-refractivity contribution in [1.29, 1.82) is 0 Å². The van der Waals surface area contributed by atoms with Crippen LogP contribution in [0.25, 0.3) is 11.3 Å². The van der Waals surface area contributed by atoms with E-state index in [1.54, 1.807) is 6.20 Å². The van der Waals surface area contributed by atoms with E-state index in [4.69, 9.17) is 0 Å². The Hall–Kier alpha value is -0.981. The van der Waals surface area contributed by atoms with E-state index in [0.717, 1.165) is 11.3 Å². The third-order valence-corrected chi connectivity index (χ3v) is 1.65. The summed E-state index contributed by atoms with van der Waals surface area (Å²) in [5, 5.41) is 0. The van der Waals surface area contributed by atoms with Crippen LogP contribution in [0, 0.1) is 6.07 Å². The van der Waals surface area contributed by atoms with Gasteiger partial charge in [0.25, 0.3) is 0 Å². The first-order valence-corrected chi connectivity index (χ1v) is 5.85. The average Bonchev–Trinajstić information content (AvgIpc) is 2.45. The predicted molar refractivity (Wildman–Crippen MR) is 71.2 cm³/mol. The molecule has 0 unspecified atom stereocenters. The Kier molecular flexibility index (Phi) is 14.2. The van der Waals surface area contributed by atoms with Crippen LogP contribution in [-0.4, -0.2) is 4.98 Å². The van der Waals surface area contributed by atoms with E-state index in [1.165, 1.54) is 0 Å². The van der Waals surface area contributed by atoms with Crippen LogP contribution in [0.3, 0.4) is 0 Å². The summed E-state index contributed by atoms with van der Waals surface area (Å²) in [4.78, 5) is 4.22. The number of benzene rings is 1. The minimum Gasteiger partial charge on any atom is -0.305 e. The molecule has 0 amide bonds. The smallest absolute Gasteiger partial charge is 0.0160 e. The first-order chi connectivity index (χ1) is 7.97. The molecule has 2 aromatic rings. The fourth-order valence-corrected chi connectivity index (χ4v) is 1.07.